The molecule has 0 fully saturated rings. The van der Waals surface area contributed by atoms with E-state index >= 15 is 0 Å². The summed E-state index contributed by atoms with van der Waals surface area (Å²) in [6, 6.07) is 6.42. The van der Waals surface area contributed by atoms with E-state index in [1.807, 2.05) is 24.3 Å². The first kappa shape index (κ1) is 17.3. The second-order valence-corrected chi connectivity index (χ2v) is 6.83. The van der Waals surface area contributed by atoms with Gasteiger partial charge in [0.05, 0.1) is 12.1 Å². The predicted octanol–water partition coefficient (Wildman–Crippen LogP) is 1.67. The normalized spacial score (nSPS) is 21.3. The number of aliphatic hydroxyl groups excluding tert-OH is 1. The molecule has 0 saturated heterocycles. The van der Waals surface area contributed by atoms with E-state index < -0.39 is 23.8 Å². The van der Waals surface area contributed by atoms with Crippen LogP contribution in [-0.2, 0) is 16.0 Å². The van der Waals surface area contributed by atoms with Gasteiger partial charge in [-0.25, -0.2) is 4.79 Å². The molecule has 6 nitrogen and oxygen atoms in total. The maximum absolute atomic E-state index is 12.2. The summed E-state index contributed by atoms with van der Waals surface area (Å²) in [5.74, 6) is -0.354. The number of amides is 2. The number of nitrogens with one attached hydrogen (secondary N) is 2. The minimum atomic E-state index is -0.749. The van der Waals surface area contributed by atoms with Crippen LogP contribution in [0.15, 0.2) is 24.3 Å². The zero-order chi connectivity index (χ0) is 17.2. The van der Waals surface area contributed by atoms with E-state index in [1.54, 1.807) is 27.7 Å². The molecular weight excluding hydrogens is 296 g/mol. The molecule has 1 aromatic carbocycles. The molecule has 1 aliphatic carbocycles. The number of carbonyl (C=O) groups is 2. The molecule has 126 valence electrons. The smallest absolute Gasteiger partial charge is 0.408 e. The summed E-state index contributed by atoms with van der Waals surface area (Å²) in [4.78, 5) is 23.9. The molecule has 0 radical (unpaired) electrons. The van der Waals surface area contributed by atoms with Crippen molar-refractivity contribution in [3.8, 4) is 0 Å². The Bertz CT molecular complexity index is 595. The van der Waals surface area contributed by atoms with E-state index in [0.29, 0.717) is 6.42 Å². The number of fused-ring (bicyclic) bond motifs is 1. The topological polar surface area (TPSA) is 87.7 Å². The average Bonchev–Trinajstić information content (AvgIpc) is 2.73. The van der Waals surface area contributed by atoms with E-state index in [0.717, 1.165) is 11.1 Å². The molecule has 6 heteroatoms. The van der Waals surface area contributed by atoms with Gasteiger partial charge >= 0.3 is 6.09 Å². The van der Waals surface area contributed by atoms with Crippen LogP contribution < -0.4 is 10.6 Å². The van der Waals surface area contributed by atoms with E-state index in [-0.39, 0.29) is 11.9 Å². The molecule has 0 saturated carbocycles. The van der Waals surface area contributed by atoms with Gasteiger partial charge in [0.2, 0.25) is 5.91 Å². The lowest BCUT2D eigenvalue weighted by Crippen LogP contribution is -2.50. The van der Waals surface area contributed by atoms with Gasteiger partial charge in [-0.15, -0.1) is 0 Å². The summed E-state index contributed by atoms with van der Waals surface area (Å²) in [6.07, 6.45) is -0.804. The maximum atomic E-state index is 12.2. The van der Waals surface area contributed by atoms with Crippen LogP contribution in [0, 0.1) is 0 Å². The number of aliphatic hydroxyl groups is 1. The van der Waals surface area contributed by atoms with E-state index in [9.17, 15) is 14.7 Å². The molecule has 2 unspecified atom stereocenters. The Kier molecular flexibility index (Phi) is 4.94. The van der Waals surface area contributed by atoms with Crippen molar-refractivity contribution >= 4 is 12.0 Å². The Morgan fingerprint density at radius 2 is 1.96 bits per heavy atom. The number of alkyl carbamates (subject to hydrolysis) is 1. The Morgan fingerprint density at radius 1 is 1.30 bits per heavy atom. The van der Waals surface area contributed by atoms with Gasteiger partial charge in [0, 0.05) is 0 Å². The summed E-state index contributed by atoms with van der Waals surface area (Å²) < 4.78 is 5.12. The van der Waals surface area contributed by atoms with E-state index in [1.165, 1.54) is 0 Å². The fraction of sp³-hybridized carbons (Fsp3) is 0.529. The second-order valence-electron chi connectivity index (χ2n) is 6.83. The van der Waals surface area contributed by atoms with Crippen LogP contribution in [-0.4, -0.2) is 34.8 Å². The Balaban J connectivity index is 1.89. The molecule has 1 aliphatic rings. The number of rotatable bonds is 3. The lowest BCUT2D eigenvalue weighted by Gasteiger charge is -2.23. The van der Waals surface area contributed by atoms with E-state index in [2.05, 4.69) is 10.6 Å². The lowest BCUT2D eigenvalue weighted by molar-refractivity contribution is -0.124. The highest BCUT2D eigenvalue weighted by atomic mass is 16.6. The number of hydrogen-bond acceptors (Lipinski definition) is 4. The van der Waals surface area contributed by atoms with Gasteiger partial charge in [-0.05, 0) is 45.2 Å². The fourth-order valence-corrected chi connectivity index (χ4v) is 2.56. The minimum Gasteiger partial charge on any atom is -0.444 e. The Morgan fingerprint density at radius 3 is 2.57 bits per heavy atom. The van der Waals surface area contributed by atoms with Crippen LogP contribution in [0.4, 0.5) is 4.79 Å². The lowest BCUT2D eigenvalue weighted by atomic mass is 10.1. The first-order valence-corrected chi connectivity index (χ1v) is 7.73. The van der Waals surface area contributed by atoms with Crippen molar-refractivity contribution in [1.82, 2.24) is 10.6 Å². The van der Waals surface area contributed by atoms with Gasteiger partial charge < -0.3 is 20.5 Å². The molecule has 3 atom stereocenters. The molecule has 1 aromatic rings. The molecule has 0 spiro atoms. The first-order valence-electron chi connectivity index (χ1n) is 7.73. The maximum Gasteiger partial charge on any atom is 0.408 e. The largest absolute Gasteiger partial charge is 0.444 e. The van der Waals surface area contributed by atoms with Gasteiger partial charge in [0.25, 0.3) is 0 Å². The molecule has 3 N–H and O–H groups in total. The summed E-state index contributed by atoms with van der Waals surface area (Å²) in [5, 5.41) is 15.6. The minimum absolute atomic E-state index is 0.354. The fourth-order valence-electron chi connectivity index (χ4n) is 2.56. The molecule has 0 bridgehead atoms. The number of hydrogen-bond donors (Lipinski definition) is 3. The van der Waals surface area contributed by atoms with Crippen LogP contribution in [0.2, 0.25) is 0 Å². The summed E-state index contributed by atoms with van der Waals surface area (Å²) in [6.45, 7) is 6.84. The van der Waals surface area contributed by atoms with Crippen LogP contribution in [0.3, 0.4) is 0 Å². The molecular formula is C17H24N2O4. The first-order chi connectivity index (χ1) is 10.7. The molecule has 2 rings (SSSR count). The SMILES string of the molecule is C[C@@H](NC(=O)OC(C)(C)C)C(=O)NC1Cc2ccccc2C1O. The predicted molar refractivity (Wildman–Crippen MR) is 85.9 cm³/mol. The monoisotopic (exact) mass is 320 g/mol. The van der Waals surface area contributed by atoms with Crippen LogP contribution in [0.1, 0.15) is 44.9 Å². The van der Waals surface area contributed by atoms with Crippen molar-refractivity contribution in [2.24, 2.45) is 0 Å². The molecule has 2 amide bonds. The van der Waals surface area contributed by atoms with E-state index in [4.69, 9.17) is 4.74 Å². The van der Waals surface area contributed by atoms with Crippen molar-refractivity contribution in [2.45, 2.75) is 57.9 Å². The Labute approximate surface area is 136 Å². The molecule has 0 heterocycles. The zero-order valence-electron chi connectivity index (χ0n) is 13.9. The molecule has 0 aliphatic heterocycles. The number of benzene rings is 1. The third-order valence-corrected chi connectivity index (χ3v) is 3.65. The molecule has 0 aromatic heterocycles. The van der Waals surface area contributed by atoms with Gasteiger partial charge in [0.15, 0.2) is 0 Å². The van der Waals surface area contributed by atoms with Crippen molar-refractivity contribution in [1.29, 1.82) is 0 Å². The highest BCUT2D eigenvalue weighted by Gasteiger charge is 2.33. The van der Waals surface area contributed by atoms with Crippen LogP contribution >= 0.6 is 0 Å². The highest BCUT2D eigenvalue weighted by molar-refractivity contribution is 5.85. The van der Waals surface area contributed by atoms with Gasteiger partial charge in [-0.1, -0.05) is 24.3 Å². The number of ether oxygens (including phenoxy) is 1. The zero-order valence-corrected chi connectivity index (χ0v) is 13.9. The quantitative estimate of drug-likeness (QED) is 0.790. The number of carbonyl (C=O) groups excluding carboxylic acids is 2. The average molecular weight is 320 g/mol. The Hall–Kier alpha value is -2.08. The van der Waals surface area contributed by atoms with Crippen molar-refractivity contribution in [2.75, 3.05) is 0 Å². The van der Waals surface area contributed by atoms with Crippen LogP contribution in [0.25, 0.3) is 0 Å². The standard InChI is InChI=1S/C17H24N2O4/c1-10(18-16(22)23-17(2,3)4)15(21)19-13-9-11-7-5-6-8-12(11)14(13)20/h5-8,10,13-14,20H,9H2,1-4H3,(H,18,22)(H,19,21)/t10-,13?,14?/m1/s1. The van der Waals surface area contributed by atoms with Crippen molar-refractivity contribution in [3.05, 3.63) is 35.4 Å². The van der Waals surface area contributed by atoms with Gasteiger partial charge in [-0.3, -0.25) is 4.79 Å². The van der Waals surface area contributed by atoms with Crippen molar-refractivity contribution < 1.29 is 19.4 Å². The highest BCUT2D eigenvalue weighted by Crippen LogP contribution is 2.30. The summed E-state index contributed by atoms with van der Waals surface area (Å²) in [7, 11) is 0. The molecule has 23 heavy (non-hydrogen) atoms. The summed E-state index contributed by atoms with van der Waals surface area (Å²) >= 11 is 0. The van der Waals surface area contributed by atoms with Gasteiger partial charge in [-0.2, -0.15) is 0 Å². The van der Waals surface area contributed by atoms with Gasteiger partial charge in [0.1, 0.15) is 11.6 Å². The summed E-state index contributed by atoms with van der Waals surface area (Å²) in [5.41, 5.74) is 1.24. The van der Waals surface area contributed by atoms with Crippen LogP contribution in [0.5, 0.6) is 0 Å². The third kappa shape index (κ3) is 4.45. The second kappa shape index (κ2) is 6.58. The third-order valence-electron chi connectivity index (χ3n) is 3.65. The van der Waals surface area contributed by atoms with Crippen molar-refractivity contribution in [3.63, 3.8) is 0 Å².